The summed E-state index contributed by atoms with van der Waals surface area (Å²) in [5.74, 6) is -1.81. The Bertz CT molecular complexity index is 898. The molecule has 2 rings (SSSR count). The summed E-state index contributed by atoms with van der Waals surface area (Å²) in [5.41, 5.74) is 8.27. The van der Waals surface area contributed by atoms with Crippen molar-refractivity contribution in [2.75, 3.05) is 12.3 Å². The minimum atomic E-state index is -3.75. The molecule has 1 fully saturated rings. The first-order valence-corrected chi connectivity index (χ1v) is 11.0. The third-order valence-corrected chi connectivity index (χ3v) is 6.09. The van der Waals surface area contributed by atoms with E-state index in [0.29, 0.717) is 30.9 Å². The maximum absolute atomic E-state index is 12.6. The van der Waals surface area contributed by atoms with E-state index in [2.05, 4.69) is 14.9 Å². The van der Waals surface area contributed by atoms with Crippen molar-refractivity contribution in [3.63, 3.8) is 0 Å². The predicted octanol–water partition coefficient (Wildman–Crippen LogP) is 2.92. The fourth-order valence-corrected chi connectivity index (χ4v) is 4.30. The smallest absolute Gasteiger partial charge is 0.428 e. The van der Waals surface area contributed by atoms with Crippen molar-refractivity contribution in [3.05, 3.63) is 40.8 Å². The lowest BCUT2D eigenvalue weighted by atomic mass is 10.1. The Morgan fingerprint density at radius 1 is 1.13 bits per heavy atom. The van der Waals surface area contributed by atoms with E-state index in [4.69, 9.17) is 10.3 Å². The van der Waals surface area contributed by atoms with Crippen molar-refractivity contribution in [2.24, 2.45) is 5.11 Å². The van der Waals surface area contributed by atoms with Crippen molar-refractivity contribution in [1.29, 1.82) is 0 Å². The van der Waals surface area contributed by atoms with Gasteiger partial charge in [-0.15, -0.1) is 0 Å². The van der Waals surface area contributed by atoms with Gasteiger partial charge in [-0.05, 0) is 36.9 Å². The molecule has 1 aliphatic heterocycles. The number of ether oxygens (including phenoxy) is 1. The summed E-state index contributed by atoms with van der Waals surface area (Å²) in [7, 11) is -3.75. The third-order valence-electron chi connectivity index (χ3n) is 4.29. The van der Waals surface area contributed by atoms with Crippen LogP contribution >= 0.6 is 0 Å². The highest BCUT2D eigenvalue weighted by molar-refractivity contribution is 7.91. The summed E-state index contributed by atoms with van der Waals surface area (Å²) in [6, 6.07) is 7.71. The van der Waals surface area contributed by atoms with Gasteiger partial charge in [-0.2, -0.15) is 0 Å². The van der Waals surface area contributed by atoms with Crippen LogP contribution in [0.15, 0.2) is 40.3 Å². The number of nitrogens with zero attached hydrogens (tertiary/aromatic N) is 4. The van der Waals surface area contributed by atoms with E-state index in [-0.39, 0.29) is 24.2 Å². The van der Waals surface area contributed by atoms with E-state index < -0.39 is 39.7 Å². The summed E-state index contributed by atoms with van der Waals surface area (Å²) >= 11 is 0. The highest BCUT2D eigenvalue weighted by Gasteiger charge is 2.34. The molecule has 1 unspecified atom stereocenters. The highest BCUT2D eigenvalue weighted by atomic mass is 32.2. The number of hydroxylamine groups is 2. The number of unbranched alkanes of at least 4 members (excludes halogenated alkanes) is 2. The monoisotopic (exact) mass is 438 g/mol. The Labute approximate surface area is 173 Å². The van der Waals surface area contributed by atoms with Crippen LogP contribution in [0.2, 0.25) is 0 Å². The molecule has 0 bridgehead atoms. The molecule has 1 saturated heterocycles. The van der Waals surface area contributed by atoms with E-state index in [0.717, 1.165) is 0 Å². The number of carbonyl (C=O) groups is 3. The highest BCUT2D eigenvalue weighted by Crippen LogP contribution is 2.18. The number of sulfone groups is 1. The number of benzene rings is 1. The lowest BCUT2D eigenvalue weighted by Crippen LogP contribution is -2.35. The zero-order valence-corrected chi connectivity index (χ0v) is 17.0. The van der Waals surface area contributed by atoms with E-state index >= 15 is 0 Å². The number of carbonyl (C=O) groups excluding carboxylic acids is 3. The van der Waals surface area contributed by atoms with Crippen LogP contribution in [-0.2, 0) is 29.0 Å². The molecule has 11 nitrogen and oxygen atoms in total. The molecule has 1 aromatic carbocycles. The Kier molecular flexibility index (Phi) is 8.63. The number of hydrogen-bond acceptors (Lipinski definition) is 8. The standard InChI is InChI=1S/C18H22N4O7S/c19-21-20-12-6-2-3-7-14(13-30(26,27)15-8-4-1-5-9-15)28-18(25)29-22-16(23)10-11-17(22)24/h1,4-5,8-9,14H,2-3,6-7,10-13H2. The quantitative estimate of drug-likeness (QED) is 0.128. The first-order chi connectivity index (χ1) is 14.3. The summed E-state index contributed by atoms with van der Waals surface area (Å²) < 4.78 is 30.4. The van der Waals surface area contributed by atoms with Crippen LogP contribution in [0.25, 0.3) is 10.4 Å². The lowest BCUT2D eigenvalue weighted by molar-refractivity contribution is -0.178. The molecule has 2 amide bonds. The first-order valence-electron chi connectivity index (χ1n) is 9.36. The van der Waals surface area contributed by atoms with Crippen LogP contribution in [0.5, 0.6) is 0 Å². The van der Waals surface area contributed by atoms with Gasteiger partial charge in [0.2, 0.25) is 0 Å². The number of amides is 2. The molecule has 0 N–H and O–H groups in total. The molecule has 0 aromatic heterocycles. The number of rotatable bonds is 11. The third kappa shape index (κ3) is 7.05. The summed E-state index contributed by atoms with van der Waals surface area (Å²) in [4.78, 5) is 42.6. The van der Waals surface area contributed by atoms with Crippen LogP contribution in [0.1, 0.15) is 38.5 Å². The number of azide groups is 1. The molecule has 1 atom stereocenters. The van der Waals surface area contributed by atoms with Crippen molar-refractivity contribution in [1.82, 2.24) is 5.06 Å². The molecular weight excluding hydrogens is 416 g/mol. The van der Waals surface area contributed by atoms with Crippen LogP contribution < -0.4 is 0 Å². The summed E-state index contributed by atoms with van der Waals surface area (Å²) in [6.45, 7) is 0.311. The molecule has 30 heavy (non-hydrogen) atoms. The molecule has 12 heteroatoms. The van der Waals surface area contributed by atoms with Crippen LogP contribution in [0.4, 0.5) is 4.79 Å². The fraction of sp³-hybridized carbons (Fsp3) is 0.500. The van der Waals surface area contributed by atoms with Gasteiger partial charge < -0.3 is 4.74 Å². The average Bonchev–Trinajstić information content (AvgIpc) is 3.03. The van der Waals surface area contributed by atoms with Gasteiger partial charge in [-0.25, -0.2) is 13.2 Å². The van der Waals surface area contributed by atoms with Crippen LogP contribution in [0, 0.1) is 0 Å². The van der Waals surface area contributed by atoms with E-state index in [1.165, 1.54) is 12.1 Å². The Morgan fingerprint density at radius 2 is 1.80 bits per heavy atom. The second-order valence-electron chi connectivity index (χ2n) is 6.56. The van der Waals surface area contributed by atoms with Gasteiger partial charge in [0.25, 0.3) is 11.8 Å². The number of hydrogen-bond donors (Lipinski definition) is 0. The summed E-state index contributed by atoms with van der Waals surface area (Å²) in [5, 5.41) is 3.76. The van der Waals surface area contributed by atoms with E-state index in [9.17, 15) is 22.8 Å². The minimum absolute atomic E-state index is 0.0664. The maximum atomic E-state index is 12.6. The normalized spacial score (nSPS) is 14.9. The SMILES string of the molecule is [N-]=[N+]=NCCCCCC(CS(=O)(=O)c1ccccc1)OC(=O)ON1C(=O)CCC1=O. The van der Waals surface area contributed by atoms with Gasteiger partial charge in [0, 0.05) is 24.3 Å². The van der Waals surface area contributed by atoms with Crippen molar-refractivity contribution < 1.29 is 32.4 Å². The zero-order chi connectivity index (χ0) is 22.0. The fourth-order valence-electron chi connectivity index (χ4n) is 2.81. The molecule has 0 saturated carbocycles. The van der Waals surface area contributed by atoms with Crippen molar-refractivity contribution in [2.45, 2.75) is 49.5 Å². The molecular formula is C18H22N4O7S. The molecule has 0 aliphatic carbocycles. The molecule has 162 valence electrons. The first kappa shape index (κ1) is 23.2. The number of imide groups is 1. The minimum Gasteiger partial charge on any atom is -0.428 e. The van der Waals surface area contributed by atoms with Crippen molar-refractivity contribution in [3.8, 4) is 0 Å². The van der Waals surface area contributed by atoms with Gasteiger partial charge in [-0.3, -0.25) is 14.4 Å². The second-order valence-corrected chi connectivity index (χ2v) is 8.60. The zero-order valence-electron chi connectivity index (χ0n) is 16.2. The van der Waals surface area contributed by atoms with Gasteiger partial charge >= 0.3 is 6.16 Å². The van der Waals surface area contributed by atoms with Crippen LogP contribution in [0.3, 0.4) is 0 Å². The van der Waals surface area contributed by atoms with Crippen LogP contribution in [-0.4, -0.2) is 49.9 Å². The Hall–Kier alpha value is -3.11. The molecule has 0 radical (unpaired) electrons. The maximum Gasteiger partial charge on any atom is 0.534 e. The largest absolute Gasteiger partial charge is 0.534 e. The van der Waals surface area contributed by atoms with Gasteiger partial charge in [0.1, 0.15) is 6.10 Å². The molecule has 1 aromatic rings. The predicted molar refractivity (Wildman–Crippen MR) is 103 cm³/mol. The second kappa shape index (κ2) is 11.2. The topological polar surface area (TPSA) is 156 Å². The molecule has 1 aliphatic rings. The Morgan fingerprint density at radius 3 is 2.43 bits per heavy atom. The molecule has 0 spiro atoms. The van der Waals surface area contributed by atoms with Gasteiger partial charge in [0.05, 0.1) is 10.6 Å². The van der Waals surface area contributed by atoms with Gasteiger partial charge in [-0.1, -0.05) is 34.8 Å². The average molecular weight is 438 g/mol. The van der Waals surface area contributed by atoms with E-state index in [1.807, 2.05) is 0 Å². The van der Waals surface area contributed by atoms with Gasteiger partial charge in [0.15, 0.2) is 9.84 Å². The summed E-state index contributed by atoms with van der Waals surface area (Å²) in [6.07, 6.45) is -0.557. The van der Waals surface area contributed by atoms with Crippen molar-refractivity contribution >= 4 is 27.8 Å². The molecule has 1 heterocycles. The van der Waals surface area contributed by atoms with E-state index in [1.54, 1.807) is 18.2 Å². The Balaban J connectivity index is 2.00. The lowest BCUT2D eigenvalue weighted by Gasteiger charge is -2.19.